The lowest BCUT2D eigenvalue weighted by molar-refractivity contribution is -0.261. The van der Waals surface area contributed by atoms with Crippen molar-refractivity contribution in [3.8, 4) is 0 Å². The van der Waals surface area contributed by atoms with Crippen LogP contribution in [0.5, 0.6) is 0 Å². The number of nitrogens with zero attached hydrogens (tertiary/aromatic N) is 4. The second kappa shape index (κ2) is 33.6. The third-order valence-electron chi connectivity index (χ3n) is 13.1. The molecular weight excluding hydrogens is 1130 g/mol. The highest BCUT2D eigenvalue weighted by molar-refractivity contribution is 8.13. The molecule has 0 radical (unpaired) electrons. The third-order valence-corrected chi connectivity index (χ3v) is 17.1. The molecule has 29 nitrogen and oxygen atoms in total. The van der Waals surface area contributed by atoms with Crippen LogP contribution in [-0.4, -0.2) is 175 Å². The minimum Gasteiger partial charge on any atom is -0.393 e. The molecule has 0 saturated carbocycles. The van der Waals surface area contributed by atoms with E-state index in [-0.39, 0.29) is 66.3 Å². The van der Waals surface area contributed by atoms with Gasteiger partial charge in [0.05, 0.1) is 37.9 Å². The van der Waals surface area contributed by atoms with Gasteiger partial charge < -0.3 is 75.7 Å². The predicted molar refractivity (Wildman–Crippen MR) is 284 cm³/mol. The number of carbonyl (C=O) groups excluding carboxylic acids is 3. The van der Waals surface area contributed by atoms with Crippen LogP contribution in [0.15, 0.2) is 12.7 Å². The number of phosphoric ester groups is 3. The number of nitrogens with one attached hydrogen (secondary N) is 2. The lowest BCUT2D eigenvalue weighted by atomic mass is 9.87. The number of hydrogen-bond acceptors (Lipinski definition) is 23. The molecule has 454 valence electrons. The summed E-state index contributed by atoms with van der Waals surface area (Å²) in [5, 5.41) is 56.5. The highest BCUT2D eigenvalue weighted by Crippen LogP contribution is 2.61. The van der Waals surface area contributed by atoms with E-state index in [1.54, 1.807) is 6.92 Å². The van der Waals surface area contributed by atoms with Gasteiger partial charge >= 0.3 is 23.5 Å². The van der Waals surface area contributed by atoms with Gasteiger partial charge in [-0.15, -0.1) is 0 Å². The Bertz CT molecular complexity index is 2340. The molecule has 0 aliphatic carbocycles. The number of nitrogens with two attached hydrogens (primary N) is 1. The van der Waals surface area contributed by atoms with Crippen LogP contribution in [0.3, 0.4) is 0 Å². The van der Waals surface area contributed by atoms with Gasteiger partial charge in [0.15, 0.2) is 29.1 Å². The number of nitrogen functional groups attached to an aromatic ring is 1. The summed E-state index contributed by atoms with van der Waals surface area (Å²) < 4.78 is 73.7. The molecule has 2 saturated heterocycles. The smallest absolute Gasteiger partial charge is 0.393 e. The molecule has 12 atom stereocenters. The van der Waals surface area contributed by atoms with Crippen LogP contribution in [0.25, 0.3) is 11.2 Å². The summed E-state index contributed by atoms with van der Waals surface area (Å²) >= 11 is 0.986. The van der Waals surface area contributed by atoms with E-state index in [4.69, 9.17) is 29.0 Å². The summed E-state index contributed by atoms with van der Waals surface area (Å²) in [7, 11) is -16.5. The summed E-state index contributed by atoms with van der Waals surface area (Å²) in [4.78, 5) is 88.7. The lowest BCUT2D eigenvalue weighted by Crippen LogP contribution is -2.47. The van der Waals surface area contributed by atoms with Crippen LogP contribution >= 0.6 is 35.2 Å². The summed E-state index contributed by atoms with van der Waals surface area (Å²) in [5.41, 5.74) is 4.24. The fourth-order valence-electron chi connectivity index (χ4n) is 8.54. The monoisotopic (exact) mass is 1210 g/mol. The standard InChI is InChI=1S/C46H82N7O22P3S/c1-30-32(55)25-33(56)45(72-30)69-22-17-15-13-11-9-7-5-4-6-8-10-12-14-16-18-31(54)24-36(58)79-23-21-48-35(57)19-20-49-43(61)40(60)46(2,3)27-71-78(67,68)75-77(65,66)70-26-34-39(74-76(62,63)64)38(59)44(73-34)53-29-52-37-41(47)50-28-51-42(37)53/h28-34,38-40,44-45,54-56,59-60H,4-27H2,1-3H3,(H,48,57)(H,49,61)(H,65,66)(H,67,68)(H2,47,50,51)(H2,62,63,64)/t30-,31+,32+,33+,34+,38+,39+,40-,44+,45+/m0/s1. The maximum Gasteiger partial charge on any atom is 0.481 e. The van der Waals surface area contributed by atoms with Crippen LogP contribution in [0.1, 0.15) is 143 Å². The Kier molecular flexibility index (Phi) is 29.3. The Morgan fingerprint density at radius 3 is 2.08 bits per heavy atom. The average Bonchev–Trinajstić information content (AvgIpc) is 4.06. The Morgan fingerprint density at radius 1 is 0.835 bits per heavy atom. The van der Waals surface area contributed by atoms with Gasteiger partial charge in [0, 0.05) is 50.1 Å². The minimum absolute atomic E-state index is 0.00159. The Morgan fingerprint density at radius 2 is 1.44 bits per heavy atom. The summed E-state index contributed by atoms with van der Waals surface area (Å²) in [6.45, 7) is 2.66. The number of carbonyl (C=O) groups is 3. The molecule has 2 aromatic rings. The largest absolute Gasteiger partial charge is 0.481 e. The Hall–Kier alpha value is -2.64. The molecule has 13 N–H and O–H groups in total. The van der Waals surface area contributed by atoms with Crippen LogP contribution in [0, 0.1) is 5.41 Å². The summed E-state index contributed by atoms with van der Waals surface area (Å²) in [5.74, 6) is -1.26. The Labute approximate surface area is 463 Å². The first kappa shape index (κ1) is 68.9. The van der Waals surface area contributed by atoms with Crippen LogP contribution in [0.4, 0.5) is 5.82 Å². The molecule has 2 fully saturated rings. The molecule has 4 heterocycles. The number of fused-ring (bicyclic) bond motifs is 1. The minimum atomic E-state index is -5.60. The van der Waals surface area contributed by atoms with E-state index in [0.717, 1.165) is 73.9 Å². The number of thioether (sulfide) groups is 1. The number of aromatic nitrogens is 4. The number of unbranched alkanes of at least 4 members (excludes halogenated alkanes) is 13. The number of amides is 2. The molecule has 2 unspecified atom stereocenters. The number of rotatable bonds is 39. The molecule has 2 aromatic heterocycles. The van der Waals surface area contributed by atoms with Crippen molar-refractivity contribution >= 4 is 69.1 Å². The molecule has 79 heavy (non-hydrogen) atoms. The molecular formula is C46H82N7O22P3S. The topological polar surface area (TPSA) is 443 Å². The van der Waals surface area contributed by atoms with E-state index >= 15 is 0 Å². The van der Waals surface area contributed by atoms with Crippen molar-refractivity contribution in [1.29, 1.82) is 0 Å². The second-order valence-corrected chi connectivity index (χ2v) is 25.7. The number of aliphatic hydroxyl groups excluding tert-OH is 5. The Balaban J connectivity index is 0.985. The van der Waals surface area contributed by atoms with Crippen molar-refractivity contribution in [2.45, 2.75) is 198 Å². The van der Waals surface area contributed by atoms with E-state index in [2.05, 4.69) is 34.4 Å². The summed E-state index contributed by atoms with van der Waals surface area (Å²) in [6.07, 6.45) is 6.24. The zero-order valence-corrected chi connectivity index (χ0v) is 48.3. The van der Waals surface area contributed by atoms with E-state index < -0.39 is 109 Å². The highest BCUT2D eigenvalue weighted by atomic mass is 32.2. The van der Waals surface area contributed by atoms with Crippen molar-refractivity contribution in [3.63, 3.8) is 0 Å². The number of aliphatic hydroxyl groups is 5. The second-order valence-electron chi connectivity index (χ2n) is 20.3. The lowest BCUT2D eigenvalue weighted by Gasteiger charge is -2.35. The SMILES string of the molecule is C[C@@H]1O[C@@H](OCCCCCCCCCCCCCCCC[C@@H](O)CC(=O)SCCNC(=O)CCNC(=O)[C@H](O)C(C)(C)COP(=O)(O)OP(=O)(O)OC[C@H]2O[C@@H](n3cnc4c(N)ncnc43)[C@H](O)[C@@H]2OP(=O)(O)O)[C@H](O)C[C@H]1O. The molecule has 2 aliphatic rings. The number of ether oxygens (including phenoxy) is 3. The molecule has 0 spiro atoms. The van der Waals surface area contributed by atoms with E-state index in [0.29, 0.717) is 13.0 Å². The van der Waals surface area contributed by atoms with Gasteiger partial charge in [0.25, 0.3) is 0 Å². The molecule has 33 heteroatoms. The van der Waals surface area contributed by atoms with E-state index in [9.17, 15) is 73.2 Å². The molecule has 2 amide bonds. The number of imidazole rings is 1. The van der Waals surface area contributed by atoms with Gasteiger partial charge in [-0.3, -0.25) is 32.5 Å². The normalized spacial score (nSPS) is 24.2. The van der Waals surface area contributed by atoms with Gasteiger partial charge in [-0.25, -0.2) is 28.6 Å². The molecule has 0 bridgehead atoms. The number of anilines is 1. The zero-order chi connectivity index (χ0) is 58.4. The first-order valence-corrected chi connectivity index (χ1v) is 32.0. The van der Waals surface area contributed by atoms with Crippen molar-refractivity contribution in [2.75, 3.05) is 44.4 Å². The first-order chi connectivity index (χ1) is 37.2. The van der Waals surface area contributed by atoms with Gasteiger partial charge in [-0.1, -0.05) is 109 Å². The zero-order valence-electron chi connectivity index (χ0n) is 44.8. The van der Waals surface area contributed by atoms with Crippen molar-refractivity contribution in [3.05, 3.63) is 12.7 Å². The van der Waals surface area contributed by atoms with E-state index in [1.807, 2.05) is 0 Å². The quantitative estimate of drug-likeness (QED) is 0.0338. The average molecular weight is 1210 g/mol. The molecule has 4 rings (SSSR count). The predicted octanol–water partition coefficient (Wildman–Crippen LogP) is 3.14. The highest BCUT2D eigenvalue weighted by Gasteiger charge is 2.50. The van der Waals surface area contributed by atoms with Gasteiger partial charge in [0.1, 0.15) is 42.4 Å². The fourth-order valence-corrected chi connectivity index (χ4v) is 12.1. The van der Waals surface area contributed by atoms with Gasteiger partial charge in [0.2, 0.25) is 11.8 Å². The van der Waals surface area contributed by atoms with Crippen LogP contribution in [0.2, 0.25) is 0 Å². The maximum absolute atomic E-state index is 12.8. The van der Waals surface area contributed by atoms with E-state index in [1.165, 1.54) is 58.8 Å². The molecule has 0 aromatic carbocycles. The fraction of sp³-hybridized carbons (Fsp3) is 0.826. The first-order valence-electron chi connectivity index (χ1n) is 26.5. The summed E-state index contributed by atoms with van der Waals surface area (Å²) in [6, 6.07) is 0. The van der Waals surface area contributed by atoms with Gasteiger partial charge in [-0.2, -0.15) is 4.31 Å². The van der Waals surface area contributed by atoms with Crippen molar-refractivity contribution in [2.24, 2.45) is 5.41 Å². The van der Waals surface area contributed by atoms with Gasteiger partial charge in [-0.05, 0) is 19.8 Å². The maximum atomic E-state index is 12.8. The van der Waals surface area contributed by atoms with Crippen molar-refractivity contribution in [1.82, 2.24) is 30.2 Å². The van der Waals surface area contributed by atoms with Crippen molar-refractivity contribution < 1.29 is 105 Å². The van der Waals surface area contributed by atoms with Crippen LogP contribution < -0.4 is 16.4 Å². The third kappa shape index (κ3) is 25.0. The van der Waals surface area contributed by atoms with Crippen LogP contribution in [-0.2, 0) is 60.2 Å². The molecule has 2 aliphatic heterocycles. The number of phosphoric acid groups is 3. The number of hydrogen-bond donors (Lipinski definition) is 12.